The lowest BCUT2D eigenvalue weighted by molar-refractivity contribution is 0.506. The molecule has 1 aromatic heterocycles. The molecule has 0 aliphatic carbocycles. The van der Waals surface area contributed by atoms with Crippen molar-refractivity contribution in [3.8, 4) is 5.69 Å². The van der Waals surface area contributed by atoms with Gasteiger partial charge in [0.25, 0.3) is 0 Å². The summed E-state index contributed by atoms with van der Waals surface area (Å²) < 4.78 is 41.2. The molecule has 0 saturated carbocycles. The summed E-state index contributed by atoms with van der Waals surface area (Å²) in [6.07, 6.45) is 0. The van der Waals surface area contributed by atoms with E-state index >= 15 is 0 Å². The highest BCUT2D eigenvalue weighted by molar-refractivity contribution is 5.35. The van der Waals surface area contributed by atoms with Crippen molar-refractivity contribution < 1.29 is 13.2 Å². The van der Waals surface area contributed by atoms with Crippen molar-refractivity contribution in [3.05, 3.63) is 35.4 Å². The van der Waals surface area contributed by atoms with E-state index in [1.165, 1.54) is 0 Å². The van der Waals surface area contributed by atoms with Gasteiger partial charge in [-0.25, -0.2) is 13.2 Å². The number of nitrogens with zero attached hydrogens (tertiary/aromatic N) is 4. The molecule has 102 valence electrons. The van der Waals surface area contributed by atoms with Gasteiger partial charge in [0.2, 0.25) is 0 Å². The minimum Gasteiger partial charge on any atom is -0.308 e. The van der Waals surface area contributed by atoms with Gasteiger partial charge in [0.05, 0.1) is 6.04 Å². The number of benzene rings is 1. The van der Waals surface area contributed by atoms with Crippen LogP contribution in [-0.4, -0.2) is 26.8 Å². The first kappa shape index (κ1) is 13.5. The molecule has 1 unspecified atom stereocenters. The van der Waals surface area contributed by atoms with Crippen LogP contribution in [0, 0.1) is 17.5 Å². The summed E-state index contributed by atoms with van der Waals surface area (Å²) >= 11 is 0. The monoisotopic (exact) mass is 271 g/mol. The molecular weight excluding hydrogens is 259 g/mol. The first-order valence-electron chi connectivity index (χ1n) is 5.71. The quantitative estimate of drug-likeness (QED) is 0.920. The number of nitrogens with one attached hydrogen (secondary N) is 1. The third kappa shape index (κ3) is 2.58. The van der Waals surface area contributed by atoms with Crippen LogP contribution in [0.5, 0.6) is 0 Å². The summed E-state index contributed by atoms with van der Waals surface area (Å²) in [6.45, 7) is 4.27. The maximum absolute atomic E-state index is 13.7. The van der Waals surface area contributed by atoms with Crippen molar-refractivity contribution in [1.29, 1.82) is 0 Å². The summed E-state index contributed by atoms with van der Waals surface area (Å²) in [5, 5.41) is 13.7. The average molecular weight is 271 g/mol. The molecular formula is C11H12F3N5. The Hall–Kier alpha value is -1.96. The molecule has 0 bridgehead atoms. The Morgan fingerprint density at radius 2 is 1.89 bits per heavy atom. The van der Waals surface area contributed by atoms with Crippen LogP contribution >= 0.6 is 0 Å². The van der Waals surface area contributed by atoms with Crippen molar-refractivity contribution in [3.63, 3.8) is 0 Å². The third-order valence-electron chi connectivity index (χ3n) is 2.58. The van der Waals surface area contributed by atoms with Crippen molar-refractivity contribution >= 4 is 0 Å². The first-order valence-corrected chi connectivity index (χ1v) is 5.71. The van der Waals surface area contributed by atoms with Crippen molar-refractivity contribution in [1.82, 2.24) is 25.5 Å². The predicted octanol–water partition coefficient (Wildman–Crippen LogP) is 1.75. The van der Waals surface area contributed by atoms with Crippen LogP contribution in [0.3, 0.4) is 0 Å². The normalized spacial score (nSPS) is 12.7. The SMILES string of the molecule is CCNC(C)c1nnnn1-c1c(F)cc(F)cc1F. The lowest BCUT2D eigenvalue weighted by atomic mass is 10.2. The van der Waals surface area contributed by atoms with Crippen LogP contribution in [0.15, 0.2) is 12.1 Å². The van der Waals surface area contributed by atoms with Crippen LogP contribution in [-0.2, 0) is 0 Å². The highest BCUT2D eigenvalue weighted by Crippen LogP contribution is 2.21. The summed E-state index contributed by atoms with van der Waals surface area (Å²) in [4.78, 5) is 0. The molecule has 0 radical (unpaired) electrons. The van der Waals surface area contributed by atoms with Crippen LogP contribution < -0.4 is 5.32 Å². The van der Waals surface area contributed by atoms with Crippen molar-refractivity contribution in [2.75, 3.05) is 6.54 Å². The molecule has 1 heterocycles. The molecule has 1 aromatic carbocycles. The molecule has 0 aliphatic rings. The van der Waals surface area contributed by atoms with E-state index in [4.69, 9.17) is 0 Å². The van der Waals surface area contributed by atoms with Crippen LogP contribution in [0.1, 0.15) is 25.7 Å². The van der Waals surface area contributed by atoms with Gasteiger partial charge in [0, 0.05) is 12.1 Å². The number of hydrogen-bond acceptors (Lipinski definition) is 4. The highest BCUT2D eigenvalue weighted by Gasteiger charge is 2.21. The van der Waals surface area contributed by atoms with E-state index in [1.807, 2.05) is 6.92 Å². The topological polar surface area (TPSA) is 55.6 Å². The second-order valence-corrected chi connectivity index (χ2v) is 3.95. The third-order valence-corrected chi connectivity index (χ3v) is 2.58. The number of rotatable bonds is 4. The zero-order chi connectivity index (χ0) is 14.0. The van der Waals surface area contributed by atoms with Gasteiger partial charge in [0.15, 0.2) is 17.5 Å². The minimum absolute atomic E-state index is 0.242. The van der Waals surface area contributed by atoms with E-state index in [1.54, 1.807) is 6.92 Å². The van der Waals surface area contributed by atoms with Gasteiger partial charge in [-0.2, -0.15) is 4.68 Å². The largest absolute Gasteiger partial charge is 0.308 e. The Labute approximate surface area is 107 Å². The molecule has 1 N–H and O–H groups in total. The smallest absolute Gasteiger partial charge is 0.173 e. The van der Waals surface area contributed by atoms with Gasteiger partial charge < -0.3 is 5.32 Å². The molecule has 0 aliphatic heterocycles. The number of tetrazole rings is 1. The van der Waals surface area contributed by atoms with E-state index < -0.39 is 23.1 Å². The fraction of sp³-hybridized carbons (Fsp3) is 0.364. The van der Waals surface area contributed by atoms with Gasteiger partial charge in [-0.3, -0.25) is 0 Å². The van der Waals surface area contributed by atoms with Crippen LogP contribution in [0.4, 0.5) is 13.2 Å². The average Bonchev–Trinajstić information content (AvgIpc) is 2.77. The Balaban J connectivity index is 2.52. The van der Waals surface area contributed by atoms with E-state index in [9.17, 15) is 13.2 Å². The second-order valence-electron chi connectivity index (χ2n) is 3.95. The number of halogens is 3. The molecule has 5 nitrogen and oxygen atoms in total. The Bertz CT molecular complexity index is 560. The Kier molecular flexibility index (Phi) is 3.79. The van der Waals surface area contributed by atoms with E-state index in [2.05, 4.69) is 20.8 Å². The standard InChI is InChI=1S/C11H12F3N5/c1-3-15-6(2)11-16-17-18-19(11)10-8(13)4-7(12)5-9(10)14/h4-6,15H,3H2,1-2H3. The van der Waals surface area contributed by atoms with Crippen molar-refractivity contribution in [2.24, 2.45) is 0 Å². The molecule has 2 aromatic rings. The van der Waals surface area contributed by atoms with E-state index in [0.717, 1.165) is 4.68 Å². The van der Waals surface area contributed by atoms with Gasteiger partial charge >= 0.3 is 0 Å². The number of hydrogen-bond donors (Lipinski definition) is 1. The van der Waals surface area contributed by atoms with E-state index in [0.29, 0.717) is 18.7 Å². The predicted molar refractivity (Wildman–Crippen MR) is 61.1 cm³/mol. The maximum atomic E-state index is 13.7. The Morgan fingerprint density at radius 3 is 2.47 bits per heavy atom. The molecule has 19 heavy (non-hydrogen) atoms. The second kappa shape index (κ2) is 5.35. The molecule has 0 amide bonds. The lowest BCUT2D eigenvalue weighted by Crippen LogP contribution is -2.22. The molecule has 0 fully saturated rings. The summed E-state index contributed by atoms with van der Waals surface area (Å²) in [5.74, 6) is -2.87. The number of aromatic nitrogens is 4. The zero-order valence-electron chi connectivity index (χ0n) is 10.4. The highest BCUT2D eigenvalue weighted by atomic mass is 19.1. The van der Waals surface area contributed by atoms with Gasteiger partial charge in [-0.1, -0.05) is 6.92 Å². The first-order chi connectivity index (χ1) is 9.04. The summed E-state index contributed by atoms with van der Waals surface area (Å²) in [6, 6.07) is 0.868. The zero-order valence-corrected chi connectivity index (χ0v) is 10.4. The van der Waals surface area contributed by atoms with Gasteiger partial charge in [-0.05, 0) is 23.9 Å². The fourth-order valence-electron chi connectivity index (χ4n) is 1.76. The molecule has 1 atom stereocenters. The summed E-state index contributed by atoms with van der Waals surface area (Å²) in [7, 11) is 0. The van der Waals surface area contributed by atoms with E-state index in [-0.39, 0.29) is 11.9 Å². The molecule has 0 spiro atoms. The molecule has 0 saturated heterocycles. The molecule has 8 heteroatoms. The summed E-state index contributed by atoms with van der Waals surface area (Å²) in [5.41, 5.74) is -0.494. The minimum atomic E-state index is -1.06. The maximum Gasteiger partial charge on any atom is 0.173 e. The van der Waals surface area contributed by atoms with Crippen molar-refractivity contribution in [2.45, 2.75) is 19.9 Å². The van der Waals surface area contributed by atoms with Crippen LogP contribution in [0.25, 0.3) is 5.69 Å². The van der Waals surface area contributed by atoms with Crippen LogP contribution in [0.2, 0.25) is 0 Å². The lowest BCUT2D eigenvalue weighted by Gasteiger charge is -2.12. The molecule has 2 rings (SSSR count). The van der Waals surface area contributed by atoms with Gasteiger partial charge in [-0.15, -0.1) is 5.10 Å². The van der Waals surface area contributed by atoms with Gasteiger partial charge in [0.1, 0.15) is 11.5 Å². The fourth-order valence-corrected chi connectivity index (χ4v) is 1.76. The Morgan fingerprint density at radius 1 is 1.26 bits per heavy atom.